The molecule has 0 radical (unpaired) electrons. The number of benzene rings is 2. The van der Waals surface area contributed by atoms with Crippen molar-refractivity contribution in [2.45, 2.75) is 25.1 Å². The van der Waals surface area contributed by atoms with Crippen LogP contribution in [0.2, 0.25) is 0 Å². The van der Waals surface area contributed by atoms with Gasteiger partial charge in [0.2, 0.25) is 18.5 Å². The highest BCUT2D eigenvalue weighted by Crippen LogP contribution is 2.37. The Morgan fingerprint density at radius 1 is 1.11 bits per heavy atom. The zero-order valence-corrected chi connectivity index (χ0v) is 14.9. The topological polar surface area (TPSA) is 80.9 Å². The molecular formula is C20H18FN3O4. The highest BCUT2D eigenvalue weighted by Gasteiger charge is 2.36. The largest absolute Gasteiger partial charge is 0.454 e. The molecule has 5 rings (SSSR count). The molecule has 1 N–H and O–H groups in total. The quantitative estimate of drug-likeness (QED) is 0.742. The number of hydrogen-bond acceptors (Lipinski definition) is 7. The second kappa shape index (κ2) is 6.88. The Morgan fingerprint density at radius 3 is 2.79 bits per heavy atom. The van der Waals surface area contributed by atoms with Crippen molar-refractivity contribution in [3.8, 4) is 22.9 Å². The first-order chi connectivity index (χ1) is 13.7. The molecule has 0 spiro atoms. The molecule has 144 valence electrons. The van der Waals surface area contributed by atoms with Crippen molar-refractivity contribution in [1.82, 2.24) is 15.0 Å². The van der Waals surface area contributed by atoms with Crippen LogP contribution < -0.4 is 9.47 Å². The smallest absolute Gasteiger partial charge is 0.244 e. The standard InChI is InChI=1S/C20H18FN3O4/c21-14-4-1-12(2-5-14)9-24-10-15(25)8-16(24)20-22-19(23-28-20)13-3-6-17-18(7-13)27-11-26-17/h1-7,15-16,25H,8-11H2. The molecule has 2 aliphatic heterocycles. The van der Waals surface area contributed by atoms with Gasteiger partial charge in [0.15, 0.2) is 11.5 Å². The van der Waals surface area contributed by atoms with Gasteiger partial charge in [0.1, 0.15) is 5.82 Å². The van der Waals surface area contributed by atoms with E-state index < -0.39 is 6.10 Å². The van der Waals surface area contributed by atoms with Crippen LogP contribution in [0, 0.1) is 5.82 Å². The maximum atomic E-state index is 13.1. The molecule has 2 atom stereocenters. The number of rotatable bonds is 4. The SMILES string of the molecule is OC1CC(c2nc(-c3ccc4c(c3)OCO4)no2)N(Cc2ccc(F)cc2)C1. The van der Waals surface area contributed by atoms with Crippen LogP contribution in [-0.4, -0.2) is 39.6 Å². The normalized spacial score (nSPS) is 21.4. The van der Waals surface area contributed by atoms with E-state index >= 15 is 0 Å². The minimum atomic E-state index is -0.480. The number of ether oxygens (including phenoxy) is 2. The lowest BCUT2D eigenvalue weighted by molar-refractivity contribution is 0.169. The van der Waals surface area contributed by atoms with Crippen molar-refractivity contribution >= 4 is 0 Å². The van der Waals surface area contributed by atoms with Gasteiger partial charge in [0, 0.05) is 18.7 Å². The van der Waals surface area contributed by atoms with Gasteiger partial charge in [-0.15, -0.1) is 0 Å². The van der Waals surface area contributed by atoms with Gasteiger partial charge >= 0.3 is 0 Å². The van der Waals surface area contributed by atoms with E-state index in [2.05, 4.69) is 15.0 Å². The number of aromatic nitrogens is 2. The third-order valence-electron chi connectivity index (χ3n) is 5.04. The van der Waals surface area contributed by atoms with Crippen LogP contribution in [0.5, 0.6) is 11.5 Å². The van der Waals surface area contributed by atoms with Crippen molar-refractivity contribution in [3.05, 3.63) is 59.7 Å². The summed E-state index contributed by atoms with van der Waals surface area (Å²) in [6.45, 7) is 1.25. The molecule has 1 aromatic heterocycles. The van der Waals surface area contributed by atoms with Crippen molar-refractivity contribution in [2.24, 2.45) is 0 Å². The Bertz CT molecular complexity index is 991. The number of fused-ring (bicyclic) bond motifs is 1. The Morgan fingerprint density at radius 2 is 1.93 bits per heavy atom. The van der Waals surface area contributed by atoms with Crippen LogP contribution in [0.1, 0.15) is 23.9 Å². The first-order valence-corrected chi connectivity index (χ1v) is 9.06. The van der Waals surface area contributed by atoms with Crippen molar-refractivity contribution < 1.29 is 23.5 Å². The Kier molecular flexibility index (Phi) is 4.22. The minimum Gasteiger partial charge on any atom is -0.454 e. The van der Waals surface area contributed by atoms with Crippen LogP contribution in [0.15, 0.2) is 47.0 Å². The Hall–Kier alpha value is -2.97. The number of likely N-dealkylation sites (tertiary alicyclic amines) is 1. The summed E-state index contributed by atoms with van der Waals surface area (Å²) in [4.78, 5) is 6.61. The molecule has 28 heavy (non-hydrogen) atoms. The van der Waals surface area contributed by atoms with Crippen LogP contribution in [0.3, 0.4) is 0 Å². The second-order valence-electron chi connectivity index (χ2n) is 6.99. The summed E-state index contributed by atoms with van der Waals surface area (Å²) in [5.74, 6) is 1.98. The van der Waals surface area contributed by atoms with Gasteiger partial charge in [0.25, 0.3) is 0 Å². The fourth-order valence-electron chi connectivity index (χ4n) is 3.66. The first kappa shape index (κ1) is 17.2. The van der Waals surface area contributed by atoms with E-state index in [1.165, 1.54) is 12.1 Å². The summed E-state index contributed by atoms with van der Waals surface area (Å²) in [5, 5.41) is 14.3. The summed E-state index contributed by atoms with van der Waals surface area (Å²) in [6.07, 6.45) is 0.0237. The fraction of sp³-hybridized carbons (Fsp3) is 0.300. The lowest BCUT2D eigenvalue weighted by atomic mass is 10.1. The molecule has 3 aromatic rings. The summed E-state index contributed by atoms with van der Waals surface area (Å²) in [5.41, 5.74) is 1.72. The van der Waals surface area contributed by atoms with Crippen LogP contribution in [0.4, 0.5) is 4.39 Å². The molecule has 1 fully saturated rings. The number of halogens is 1. The van der Waals surface area contributed by atoms with Gasteiger partial charge in [-0.2, -0.15) is 4.98 Å². The zero-order chi connectivity index (χ0) is 19.1. The Labute approximate surface area is 160 Å². The number of aliphatic hydroxyl groups is 1. The summed E-state index contributed by atoms with van der Waals surface area (Å²) in [6, 6.07) is 11.6. The zero-order valence-electron chi connectivity index (χ0n) is 14.9. The number of aliphatic hydroxyl groups excluding tert-OH is 1. The molecule has 8 heteroatoms. The van der Waals surface area contributed by atoms with Gasteiger partial charge in [-0.25, -0.2) is 4.39 Å². The summed E-state index contributed by atoms with van der Waals surface area (Å²) < 4.78 is 29.4. The second-order valence-corrected chi connectivity index (χ2v) is 6.99. The maximum Gasteiger partial charge on any atom is 0.244 e. The molecule has 3 heterocycles. The van der Waals surface area contributed by atoms with Crippen LogP contribution in [0.25, 0.3) is 11.4 Å². The Balaban J connectivity index is 1.38. The number of nitrogens with zero attached hydrogens (tertiary/aromatic N) is 3. The molecule has 1 saturated heterocycles. The monoisotopic (exact) mass is 383 g/mol. The lowest BCUT2D eigenvalue weighted by Crippen LogP contribution is -2.24. The van der Waals surface area contributed by atoms with Crippen molar-refractivity contribution in [3.63, 3.8) is 0 Å². The predicted molar refractivity (Wildman–Crippen MR) is 96.0 cm³/mol. The van der Waals surface area contributed by atoms with E-state index in [1.54, 1.807) is 12.1 Å². The van der Waals surface area contributed by atoms with E-state index in [0.717, 1.165) is 11.1 Å². The molecule has 0 aliphatic carbocycles. The van der Waals surface area contributed by atoms with Gasteiger partial charge in [-0.1, -0.05) is 17.3 Å². The molecule has 2 aliphatic rings. The van der Waals surface area contributed by atoms with E-state index in [9.17, 15) is 9.50 Å². The van der Waals surface area contributed by atoms with E-state index in [-0.39, 0.29) is 18.7 Å². The third kappa shape index (κ3) is 3.21. The van der Waals surface area contributed by atoms with Crippen LogP contribution in [-0.2, 0) is 6.54 Å². The molecule has 2 aromatic carbocycles. The van der Waals surface area contributed by atoms with Crippen molar-refractivity contribution in [2.75, 3.05) is 13.3 Å². The average Bonchev–Trinajstić information content (AvgIpc) is 3.42. The number of β-amino-alcohol motifs (C(OH)–C–C–N with tert-alkyl or cyclic N) is 1. The molecule has 2 unspecified atom stereocenters. The van der Waals surface area contributed by atoms with Crippen LogP contribution >= 0.6 is 0 Å². The van der Waals surface area contributed by atoms with E-state index in [4.69, 9.17) is 14.0 Å². The molecule has 0 amide bonds. The van der Waals surface area contributed by atoms with E-state index in [0.29, 0.717) is 42.7 Å². The maximum absolute atomic E-state index is 13.1. The molecule has 7 nitrogen and oxygen atoms in total. The molecular weight excluding hydrogens is 365 g/mol. The van der Waals surface area contributed by atoms with Gasteiger partial charge < -0.3 is 19.1 Å². The average molecular weight is 383 g/mol. The van der Waals surface area contributed by atoms with E-state index in [1.807, 2.05) is 18.2 Å². The summed E-state index contributed by atoms with van der Waals surface area (Å²) >= 11 is 0. The third-order valence-corrected chi connectivity index (χ3v) is 5.04. The molecule has 0 bridgehead atoms. The van der Waals surface area contributed by atoms with Gasteiger partial charge in [-0.05, 0) is 42.3 Å². The first-order valence-electron chi connectivity index (χ1n) is 9.06. The lowest BCUT2D eigenvalue weighted by Gasteiger charge is -2.21. The summed E-state index contributed by atoms with van der Waals surface area (Å²) in [7, 11) is 0. The fourth-order valence-corrected chi connectivity index (χ4v) is 3.66. The molecule has 0 saturated carbocycles. The van der Waals surface area contributed by atoms with Gasteiger partial charge in [0.05, 0.1) is 12.1 Å². The highest BCUT2D eigenvalue weighted by atomic mass is 19.1. The minimum absolute atomic E-state index is 0.199. The predicted octanol–water partition coefficient (Wildman–Crippen LogP) is 2.91. The van der Waals surface area contributed by atoms with Gasteiger partial charge in [-0.3, -0.25) is 4.90 Å². The highest BCUT2D eigenvalue weighted by molar-refractivity contribution is 5.61. The number of hydrogen-bond donors (Lipinski definition) is 1. The van der Waals surface area contributed by atoms with Crippen molar-refractivity contribution in [1.29, 1.82) is 0 Å².